The molecule has 0 aliphatic rings. The van der Waals surface area contributed by atoms with Gasteiger partial charge < -0.3 is 0 Å². The van der Waals surface area contributed by atoms with E-state index in [9.17, 15) is 4.39 Å². The Morgan fingerprint density at radius 2 is 1.60 bits per heavy atom. The van der Waals surface area contributed by atoms with Gasteiger partial charge in [0.1, 0.15) is 5.82 Å². The van der Waals surface area contributed by atoms with Crippen LogP contribution in [0.4, 0.5) is 4.39 Å². The third-order valence-electron chi connectivity index (χ3n) is 3.33. The molecule has 1 atom stereocenters. The molecule has 3 rings (SSSR count). The van der Waals surface area contributed by atoms with Gasteiger partial charge in [0.25, 0.3) is 0 Å². The SMILES string of the molecule is Fc1cc(Br)ccc1C(Br)c1cccc2ccccc12. The Kier molecular flexibility index (Phi) is 3.90. The van der Waals surface area contributed by atoms with Crippen molar-refractivity contribution in [3.05, 3.63) is 82.1 Å². The normalized spacial score (nSPS) is 12.6. The summed E-state index contributed by atoms with van der Waals surface area (Å²) in [5.41, 5.74) is 1.72. The molecule has 0 N–H and O–H groups in total. The van der Waals surface area contributed by atoms with Crippen LogP contribution in [0.2, 0.25) is 0 Å². The van der Waals surface area contributed by atoms with Crippen molar-refractivity contribution in [3.8, 4) is 0 Å². The van der Waals surface area contributed by atoms with E-state index in [4.69, 9.17) is 0 Å². The molecular formula is C17H11Br2F. The fourth-order valence-corrected chi connectivity index (χ4v) is 3.45. The molecule has 0 fully saturated rings. The van der Waals surface area contributed by atoms with Crippen LogP contribution >= 0.6 is 31.9 Å². The highest BCUT2D eigenvalue weighted by atomic mass is 79.9. The molecule has 0 saturated heterocycles. The number of hydrogen-bond acceptors (Lipinski definition) is 0. The Morgan fingerprint density at radius 3 is 2.40 bits per heavy atom. The van der Waals surface area contributed by atoms with Crippen molar-refractivity contribution in [1.29, 1.82) is 0 Å². The molecule has 0 amide bonds. The molecule has 1 unspecified atom stereocenters. The van der Waals surface area contributed by atoms with Crippen LogP contribution in [0.5, 0.6) is 0 Å². The highest BCUT2D eigenvalue weighted by Crippen LogP contribution is 2.37. The van der Waals surface area contributed by atoms with Crippen molar-refractivity contribution in [2.24, 2.45) is 0 Å². The van der Waals surface area contributed by atoms with Gasteiger partial charge in [0.15, 0.2) is 0 Å². The average Bonchev–Trinajstić information content (AvgIpc) is 2.46. The van der Waals surface area contributed by atoms with E-state index in [1.165, 1.54) is 6.07 Å². The maximum atomic E-state index is 14.1. The highest BCUT2D eigenvalue weighted by Gasteiger charge is 2.17. The van der Waals surface area contributed by atoms with E-state index in [-0.39, 0.29) is 10.6 Å². The first kappa shape index (κ1) is 13.8. The van der Waals surface area contributed by atoms with Gasteiger partial charge in [-0.05, 0) is 28.5 Å². The fourth-order valence-electron chi connectivity index (χ4n) is 2.35. The molecule has 0 nitrogen and oxygen atoms in total. The van der Waals surface area contributed by atoms with Gasteiger partial charge in [-0.2, -0.15) is 0 Å². The molecule has 3 heteroatoms. The number of alkyl halides is 1. The summed E-state index contributed by atoms with van der Waals surface area (Å²) in [6, 6.07) is 19.4. The van der Waals surface area contributed by atoms with Crippen molar-refractivity contribution >= 4 is 42.6 Å². The first-order valence-corrected chi connectivity index (χ1v) is 7.94. The Balaban J connectivity index is 2.15. The van der Waals surface area contributed by atoms with Crippen LogP contribution in [-0.4, -0.2) is 0 Å². The second-order valence-electron chi connectivity index (χ2n) is 4.60. The third-order valence-corrected chi connectivity index (χ3v) is 4.81. The van der Waals surface area contributed by atoms with Gasteiger partial charge in [-0.25, -0.2) is 4.39 Å². The third kappa shape index (κ3) is 2.52. The zero-order valence-corrected chi connectivity index (χ0v) is 13.7. The van der Waals surface area contributed by atoms with Crippen LogP contribution in [0.15, 0.2) is 65.1 Å². The molecule has 0 bridgehead atoms. The number of benzene rings is 3. The molecule has 20 heavy (non-hydrogen) atoms. The molecule has 0 saturated carbocycles. The molecule has 100 valence electrons. The molecule has 0 aliphatic heterocycles. The topological polar surface area (TPSA) is 0 Å². The lowest BCUT2D eigenvalue weighted by molar-refractivity contribution is 0.613. The molecule has 3 aromatic rings. The summed E-state index contributed by atoms with van der Waals surface area (Å²) in [6.07, 6.45) is 0. The fraction of sp³-hybridized carbons (Fsp3) is 0.0588. The van der Waals surface area contributed by atoms with Crippen molar-refractivity contribution in [2.45, 2.75) is 4.83 Å². The van der Waals surface area contributed by atoms with Gasteiger partial charge in [0.05, 0.1) is 4.83 Å². The Morgan fingerprint density at radius 1 is 0.850 bits per heavy atom. The molecule has 0 radical (unpaired) electrons. The first-order chi connectivity index (χ1) is 9.66. The second kappa shape index (κ2) is 5.66. The lowest BCUT2D eigenvalue weighted by Gasteiger charge is -2.14. The predicted octanol–water partition coefficient (Wildman–Crippen LogP) is 6.23. The van der Waals surface area contributed by atoms with E-state index >= 15 is 0 Å². The number of fused-ring (bicyclic) bond motifs is 1. The molecule has 0 aromatic heterocycles. The van der Waals surface area contributed by atoms with Crippen LogP contribution < -0.4 is 0 Å². The van der Waals surface area contributed by atoms with E-state index in [1.807, 2.05) is 30.3 Å². The van der Waals surface area contributed by atoms with Crippen molar-refractivity contribution in [2.75, 3.05) is 0 Å². The molecule has 0 heterocycles. The molecule has 0 aliphatic carbocycles. The lowest BCUT2D eigenvalue weighted by Crippen LogP contribution is -1.97. The van der Waals surface area contributed by atoms with Crippen LogP contribution in [0.25, 0.3) is 10.8 Å². The van der Waals surface area contributed by atoms with Gasteiger partial charge in [-0.1, -0.05) is 80.4 Å². The Hall–Kier alpha value is -1.19. The quantitative estimate of drug-likeness (QED) is 0.453. The van der Waals surface area contributed by atoms with E-state index in [0.29, 0.717) is 5.56 Å². The van der Waals surface area contributed by atoms with Crippen LogP contribution in [0.3, 0.4) is 0 Å². The molecule has 0 spiro atoms. The van der Waals surface area contributed by atoms with Crippen molar-refractivity contribution < 1.29 is 4.39 Å². The maximum Gasteiger partial charge on any atom is 0.129 e. The van der Waals surface area contributed by atoms with Gasteiger partial charge in [-0.15, -0.1) is 0 Å². The second-order valence-corrected chi connectivity index (χ2v) is 6.43. The lowest BCUT2D eigenvalue weighted by atomic mass is 9.98. The van der Waals surface area contributed by atoms with E-state index < -0.39 is 0 Å². The summed E-state index contributed by atoms with van der Waals surface area (Å²) in [6.45, 7) is 0. The Bertz CT molecular complexity index is 763. The van der Waals surface area contributed by atoms with Crippen LogP contribution in [0, 0.1) is 5.82 Å². The van der Waals surface area contributed by atoms with Gasteiger partial charge >= 0.3 is 0 Å². The molecule has 3 aromatic carbocycles. The summed E-state index contributed by atoms with van der Waals surface area (Å²) >= 11 is 6.92. The zero-order chi connectivity index (χ0) is 14.1. The minimum atomic E-state index is -0.214. The van der Waals surface area contributed by atoms with Crippen molar-refractivity contribution in [3.63, 3.8) is 0 Å². The minimum Gasteiger partial charge on any atom is -0.207 e. The van der Waals surface area contributed by atoms with E-state index in [1.54, 1.807) is 6.07 Å². The summed E-state index contributed by atoms with van der Waals surface area (Å²) in [7, 11) is 0. The highest BCUT2D eigenvalue weighted by molar-refractivity contribution is 9.10. The van der Waals surface area contributed by atoms with Crippen LogP contribution in [0.1, 0.15) is 16.0 Å². The van der Waals surface area contributed by atoms with Crippen LogP contribution in [-0.2, 0) is 0 Å². The maximum absolute atomic E-state index is 14.1. The van der Waals surface area contributed by atoms with E-state index in [0.717, 1.165) is 20.8 Å². The smallest absolute Gasteiger partial charge is 0.129 e. The summed E-state index contributed by atoms with van der Waals surface area (Å²) < 4.78 is 14.9. The summed E-state index contributed by atoms with van der Waals surface area (Å²) in [5.74, 6) is -0.214. The first-order valence-electron chi connectivity index (χ1n) is 6.23. The largest absolute Gasteiger partial charge is 0.207 e. The number of halogens is 3. The predicted molar refractivity (Wildman–Crippen MR) is 88.8 cm³/mol. The minimum absolute atomic E-state index is 0.165. The number of hydrogen-bond donors (Lipinski definition) is 0. The summed E-state index contributed by atoms with van der Waals surface area (Å²) in [5, 5.41) is 2.30. The van der Waals surface area contributed by atoms with E-state index in [2.05, 4.69) is 50.1 Å². The standard InChI is InChI=1S/C17H11Br2F/c18-12-8-9-15(16(20)10-12)17(19)14-7-3-5-11-4-1-2-6-13(11)14/h1-10,17H. The van der Waals surface area contributed by atoms with Gasteiger partial charge in [-0.3, -0.25) is 0 Å². The summed E-state index contributed by atoms with van der Waals surface area (Å²) in [4.78, 5) is -0.165. The van der Waals surface area contributed by atoms with Crippen molar-refractivity contribution in [1.82, 2.24) is 0 Å². The average molecular weight is 394 g/mol. The molecular weight excluding hydrogens is 383 g/mol. The van der Waals surface area contributed by atoms with Gasteiger partial charge in [0.2, 0.25) is 0 Å². The monoisotopic (exact) mass is 392 g/mol. The van der Waals surface area contributed by atoms with Gasteiger partial charge in [0, 0.05) is 10.0 Å². The number of rotatable bonds is 2. The Labute approximate surface area is 133 Å². The zero-order valence-electron chi connectivity index (χ0n) is 10.5.